The van der Waals surface area contributed by atoms with Gasteiger partial charge in [-0.3, -0.25) is 0 Å². The van der Waals surface area contributed by atoms with Gasteiger partial charge in [-0.2, -0.15) is 0 Å². The van der Waals surface area contributed by atoms with Crippen molar-refractivity contribution in [3.8, 4) is 5.75 Å². The summed E-state index contributed by atoms with van der Waals surface area (Å²) in [5.74, 6) is 0.924. The maximum absolute atomic E-state index is 5.33. The van der Waals surface area contributed by atoms with Crippen LogP contribution in [0.15, 0.2) is 24.3 Å². The number of ether oxygens (including phenoxy) is 2. The predicted molar refractivity (Wildman–Crippen MR) is 65.9 cm³/mol. The molecule has 1 aromatic rings. The summed E-state index contributed by atoms with van der Waals surface area (Å²) in [7, 11) is 3.42. The number of para-hydroxylation sites is 1. The van der Waals surface area contributed by atoms with Crippen LogP contribution in [0.3, 0.4) is 0 Å². The van der Waals surface area contributed by atoms with Crippen molar-refractivity contribution in [3.63, 3.8) is 0 Å². The van der Waals surface area contributed by atoms with Gasteiger partial charge in [0.2, 0.25) is 0 Å². The van der Waals surface area contributed by atoms with E-state index in [9.17, 15) is 0 Å². The summed E-state index contributed by atoms with van der Waals surface area (Å²) in [6, 6.07) is 8.32. The second kappa shape index (κ2) is 6.51. The average molecular weight is 223 g/mol. The van der Waals surface area contributed by atoms with Gasteiger partial charge in [0.15, 0.2) is 0 Å². The van der Waals surface area contributed by atoms with E-state index in [2.05, 4.69) is 18.3 Å². The van der Waals surface area contributed by atoms with Crippen molar-refractivity contribution in [3.05, 3.63) is 29.8 Å². The summed E-state index contributed by atoms with van der Waals surface area (Å²) in [6.45, 7) is 5.00. The molecule has 3 heteroatoms. The summed E-state index contributed by atoms with van der Waals surface area (Å²) in [6.07, 6.45) is 0.220. The molecule has 1 unspecified atom stereocenters. The lowest BCUT2D eigenvalue weighted by molar-refractivity contribution is 0.115. The fourth-order valence-electron chi connectivity index (χ4n) is 1.56. The molecule has 0 spiro atoms. The van der Waals surface area contributed by atoms with E-state index in [1.165, 1.54) is 5.56 Å². The smallest absolute Gasteiger partial charge is 0.123 e. The molecule has 16 heavy (non-hydrogen) atoms. The lowest BCUT2D eigenvalue weighted by atomic mass is 10.1. The van der Waals surface area contributed by atoms with Crippen molar-refractivity contribution in [2.45, 2.75) is 26.0 Å². The number of benzene rings is 1. The van der Waals surface area contributed by atoms with Gasteiger partial charge in [-0.05, 0) is 19.9 Å². The summed E-state index contributed by atoms with van der Waals surface area (Å²) >= 11 is 0. The van der Waals surface area contributed by atoms with Crippen LogP contribution in [-0.2, 0) is 4.74 Å². The Balaban J connectivity index is 2.61. The molecule has 0 amide bonds. The summed E-state index contributed by atoms with van der Waals surface area (Å²) in [5, 5.41) is 3.42. The van der Waals surface area contributed by atoms with Crippen molar-refractivity contribution >= 4 is 0 Å². The maximum Gasteiger partial charge on any atom is 0.123 e. The highest BCUT2D eigenvalue weighted by Crippen LogP contribution is 2.24. The number of hydrogen-bond donors (Lipinski definition) is 1. The van der Waals surface area contributed by atoms with E-state index in [0.29, 0.717) is 0 Å². The molecule has 90 valence electrons. The Morgan fingerprint density at radius 2 is 1.88 bits per heavy atom. The molecule has 2 atom stereocenters. The molecule has 3 nitrogen and oxygen atoms in total. The van der Waals surface area contributed by atoms with Crippen LogP contribution in [0, 0.1) is 0 Å². The molecular weight excluding hydrogens is 202 g/mol. The third-order valence-electron chi connectivity index (χ3n) is 2.72. The molecule has 0 aromatic heterocycles. The standard InChI is InChI=1S/C13H21NO2/c1-10(15-3)9-14-11(2)12-7-5-6-8-13(12)16-4/h5-8,10-11,14H,9H2,1-4H3/t10?,11-/m1/s1. The van der Waals surface area contributed by atoms with Crippen LogP contribution in [0.4, 0.5) is 0 Å². The van der Waals surface area contributed by atoms with Crippen molar-refractivity contribution in [1.82, 2.24) is 5.32 Å². The summed E-state index contributed by atoms with van der Waals surface area (Å²) in [5.41, 5.74) is 1.17. The molecule has 1 N–H and O–H groups in total. The zero-order valence-electron chi connectivity index (χ0n) is 10.5. The number of nitrogens with one attached hydrogen (secondary N) is 1. The van der Waals surface area contributed by atoms with Gasteiger partial charge in [0.05, 0.1) is 13.2 Å². The van der Waals surface area contributed by atoms with Gasteiger partial charge < -0.3 is 14.8 Å². The Kier molecular flexibility index (Phi) is 5.29. The van der Waals surface area contributed by atoms with Crippen LogP contribution in [0.2, 0.25) is 0 Å². The Labute approximate surface area is 97.8 Å². The second-order valence-corrected chi connectivity index (χ2v) is 3.92. The summed E-state index contributed by atoms with van der Waals surface area (Å²) < 4.78 is 10.5. The minimum absolute atomic E-state index is 0.220. The van der Waals surface area contributed by atoms with E-state index in [-0.39, 0.29) is 12.1 Å². The Morgan fingerprint density at radius 3 is 2.50 bits per heavy atom. The predicted octanol–water partition coefficient (Wildman–Crippen LogP) is 2.38. The minimum Gasteiger partial charge on any atom is -0.496 e. The fourth-order valence-corrected chi connectivity index (χ4v) is 1.56. The zero-order valence-corrected chi connectivity index (χ0v) is 10.5. The van der Waals surface area contributed by atoms with Crippen molar-refractivity contribution in [1.29, 1.82) is 0 Å². The molecular formula is C13H21NO2. The third kappa shape index (κ3) is 3.51. The SMILES string of the molecule is COc1ccccc1[C@@H](C)NCC(C)OC. The second-order valence-electron chi connectivity index (χ2n) is 3.92. The first-order valence-corrected chi connectivity index (χ1v) is 5.58. The van der Waals surface area contributed by atoms with Gasteiger partial charge in [0.1, 0.15) is 5.75 Å². The third-order valence-corrected chi connectivity index (χ3v) is 2.72. The highest BCUT2D eigenvalue weighted by Gasteiger charge is 2.10. The first-order chi connectivity index (χ1) is 7.69. The lowest BCUT2D eigenvalue weighted by Gasteiger charge is -2.19. The molecule has 0 heterocycles. The number of methoxy groups -OCH3 is 2. The van der Waals surface area contributed by atoms with Crippen LogP contribution in [0.25, 0.3) is 0 Å². The quantitative estimate of drug-likeness (QED) is 0.803. The van der Waals surface area contributed by atoms with Gasteiger partial charge in [0.25, 0.3) is 0 Å². The number of rotatable bonds is 6. The van der Waals surface area contributed by atoms with Crippen LogP contribution < -0.4 is 10.1 Å². The van der Waals surface area contributed by atoms with Crippen LogP contribution >= 0.6 is 0 Å². The highest BCUT2D eigenvalue weighted by molar-refractivity contribution is 5.35. The lowest BCUT2D eigenvalue weighted by Crippen LogP contribution is -2.28. The van der Waals surface area contributed by atoms with E-state index >= 15 is 0 Å². The molecule has 0 aliphatic rings. The van der Waals surface area contributed by atoms with E-state index in [4.69, 9.17) is 9.47 Å². The molecule has 0 fully saturated rings. The largest absolute Gasteiger partial charge is 0.496 e. The highest BCUT2D eigenvalue weighted by atomic mass is 16.5. The molecule has 0 bridgehead atoms. The van der Waals surface area contributed by atoms with Crippen molar-refractivity contribution in [2.75, 3.05) is 20.8 Å². The van der Waals surface area contributed by atoms with Gasteiger partial charge in [-0.1, -0.05) is 18.2 Å². The van der Waals surface area contributed by atoms with Crippen LogP contribution in [-0.4, -0.2) is 26.9 Å². The molecule has 1 aromatic carbocycles. The molecule has 0 saturated heterocycles. The van der Waals surface area contributed by atoms with Gasteiger partial charge in [-0.25, -0.2) is 0 Å². The van der Waals surface area contributed by atoms with E-state index in [0.717, 1.165) is 12.3 Å². The fraction of sp³-hybridized carbons (Fsp3) is 0.538. The molecule has 0 aliphatic heterocycles. The molecule has 0 saturated carbocycles. The van der Waals surface area contributed by atoms with Gasteiger partial charge >= 0.3 is 0 Å². The van der Waals surface area contributed by atoms with Crippen LogP contribution in [0.1, 0.15) is 25.5 Å². The molecule has 0 radical (unpaired) electrons. The van der Waals surface area contributed by atoms with Gasteiger partial charge in [-0.15, -0.1) is 0 Å². The first-order valence-electron chi connectivity index (χ1n) is 5.58. The Morgan fingerprint density at radius 1 is 1.19 bits per heavy atom. The maximum atomic E-state index is 5.33. The topological polar surface area (TPSA) is 30.5 Å². The van der Waals surface area contributed by atoms with Gasteiger partial charge in [0, 0.05) is 25.3 Å². The molecule has 0 aliphatic carbocycles. The van der Waals surface area contributed by atoms with Crippen LogP contribution in [0.5, 0.6) is 5.75 Å². The number of hydrogen-bond acceptors (Lipinski definition) is 3. The zero-order chi connectivity index (χ0) is 12.0. The van der Waals surface area contributed by atoms with E-state index in [1.54, 1.807) is 14.2 Å². The van der Waals surface area contributed by atoms with Crippen molar-refractivity contribution < 1.29 is 9.47 Å². The first kappa shape index (κ1) is 13.0. The Bertz CT molecular complexity index is 315. The minimum atomic E-state index is 0.220. The van der Waals surface area contributed by atoms with Crippen molar-refractivity contribution in [2.24, 2.45) is 0 Å². The monoisotopic (exact) mass is 223 g/mol. The molecule has 1 rings (SSSR count). The normalized spacial score (nSPS) is 14.5. The Hall–Kier alpha value is -1.06. The van der Waals surface area contributed by atoms with E-state index in [1.807, 2.05) is 25.1 Å². The average Bonchev–Trinajstić information content (AvgIpc) is 2.35. The van der Waals surface area contributed by atoms with E-state index < -0.39 is 0 Å². The summed E-state index contributed by atoms with van der Waals surface area (Å²) in [4.78, 5) is 0.